The summed E-state index contributed by atoms with van der Waals surface area (Å²) in [4.78, 5) is 30.3. The number of halogens is 2. The van der Waals surface area contributed by atoms with Gasteiger partial charge in [0.1, 0.15) is 11.0 Å². The zero-order valence-corrected chi connectivity index (χ0v) is 19.0. The van der Waals surface area contributed by atoms with Gasteiger partial charge in [-0.3, -0.25) is 9.59 Å². The van der Waals surface area contributed by atoms with Gasteiger partial charge < -0.3 is 4.90 Å². The summed E-state index contributed by atoms with van der Waals surface area (Å²) in [6.07, 6.45) is 3.53. The Kier molecular flexibility index (Phi) is 8.12. The number of anilines is 1. The van der Waals surface area contributed by atoms with E-state index in [1.165, 1.54) is 11.0 Å². The summed E-state index contributed by atoms with van der Waals surface area (Å²) in [5.74, 6) is -0.536. The number of carbonyl (C=O) groups excluding carboxylic acids is 2. The first-order chi connectivity index (χ1) is 15.4. The monoisotopic (exact) mass is 452 g/mol. The number of nitrogens with zero attached hydrogens (tertiary/aromatic N) is 2. The van der Waals surface area contributed by atoms with Crippen LogP contribution in [-0.2, 0) is 11.2 Å². The van der Waals surface area contributed by atoms with Gasteiger partial charge in [-0.2, -0.15) is 0 Å². The van der Waals surface area contributed by atoms with Crippen LogP contribution in [0.25, 0.3) is 11.1 Å². The summed E-state index contributed by atoms with van der Waals surface area (Å²) in [7, 11) is 0. The van der Waals surface area contributed by atoms with E-state index in [2.05, 4.69) is 4.98 Å². The second-order valence-corrected chi connectivity index (χ2v) is 7.88. The Balaban J connectivity index is 1.72. The van der Waals surface area contributed by atoms with Gasteiger partial charge in [0.05, 0.1) is 5.69 Å². The third kappa shape index (κ3) is 5.60. The van der Waals surface area contributed by atoms with Crippen molar-refractivity contribution in [2.45, 2.75) is 39.5 Å². The molecule has 0 aliphatic rings. The Bertz CT molecular complexity index is 1100. The molecule has 4 nitrogen and oxygen atoms in total. The highest BCUT2D eigenvalue weighted by atomic mass is 35.5. The second-order valence-electron chi connectivity index (χ2n) is 7.52. The van der Waals surface area contributed by atoms with Crippen LogP contribution in [0.4, 0.5) is 10.1 Å². The summed E-state index contributed by atoms with van der Waals surface area (Å²) in [6, 6.07) is 15.6. The molecule has 0 fully saturated rings. The Morgan fingerprint density at radius 3 is 2.38 bits per heavy atom. The minimum Gasteiger partial charge on any atom is -0.310 e. The third-order valence-corrected chi connectivity index (χ3v) is 5.63. The van der Waals surface area contributed by atoms with Crippen LogP contribution in [0.3, 0.4) is 0 Å². The number of amides is 1. The first kappa shape index (κ1) is 23.6. The highest BCUT2D eigenvalue weighted by Crippen LogP contribution is 2.28. The maximum Gasteiger partial charge on any atom is 0.226 e. The molecule has 1 heterocycles. The van der Waals surface area contributed by atoms with Crippen LogP contribution < -0.4 is 4.90 Å². The zero-order chi connectivity index (χ0) is 23.1. The lowest BCUT2D eigenvalue weighted by Gasteiger charge is -2.22. The lowest BCUT2D eigenvalue weighted by Crippen LogP contribution is -2.31. The number of ketones is 1. The molecule has 0 saturated carbocycles. The molecule has 0 N–H and O–H groups in total. The van der Waals surface area contributed by atoms with Crippen LogP contribution in [0.2, 0.25) is 5.15 Å². The number of hydrogen-bond acceptors (Lipinski definition) is 3. The molecular formula is C26H26ClFN2O2. The fourth-order valence-electron chi connectivity index (χ4n) is 3.55. The summed E-state index contributed by atoms with van der Waals surface area (Å²) >= 11 is 6.05. The molecule has 0 bridgehead atoms. The molecule has 0 saturated heterocycles. The van der Waals surface area contributed by atoms with E-state index in [0.29, 0.717) is 47.8 Å². The number of aryl methyl sites for hydroxylation is 1. The molecule has 0 spiro atoms. The number of rotatable bonds is 9. The summed E-state index contributed by atoms with van der Waals surface area (Å²) < 4.78 is 14.8. The lowest BCUT2D eigenvalue weighted by molar-refractivity contribution is -0.118. The second kappa shape index (κ2) is 11.0. The number of Topliss-reactive ketones (excluding diaryl/α,β-unsaturated/α-hetero) is 1. The number of benzene rings is 2. The molecule has 0 radical (unpaired) electrons. The summed E-state index contributed by atoms with van der Waals surface area (Å²) in [6.45, 7) is 4.20. The van der Waals surface area contributed by atoms with Crippen molar-refractivity contribution in [2.75, 3.05) is 11.4 Å². The molecule has 166 valence electrons. The first-order valence-electron chi connectivity index (χ1n) is 10.8. The average molecular weight is 453 g/mol. The van der Waals surface area contributed by atoms with E-state index in [4.69, 9.17) is 11.6 Å². The average Bonchev–Trinajstić information content (AvgIpc) is 2.81. The number of aromatic nitrogens is 1. The largest absolute Gasteiger partial charge is 0.310 e. The Labute approximate surface area is 193 Å². The molecule has 6 heteroatoms. The highest BCUT2D eigenvalue weighted by Gasteiger charge is 2.17. The van der Waals surface area contributed by atoms with Crippen molar-refractivity contribution >= 4 is 29.0 Å². The van der Waals surface area contributed by atoms with Crippen LogP contribution in [0.5, 0.6) is 0 Å². The van der Waals surface area contributed by atoms with Crippen LogP contribution in [0.1, 0.15) is 49.0 Å². The topological polar surface area (TPSA) is 50.3 Å². The fraction of sp³-hybridized carbons (Fsp3) is 0.269. The third-order valence-electron chi connectivity index (χ3n) is 5.29. The van der Waals surface area contributed by atoms with Gasteiger partial charge in [0.2, 0.25) is 5.91 Å². The fourth-order valence-corrected chi connectivity index (χ4v) is 3.76. The van der Waals surface area contributed by atoms with Crippen molar-refractivity contribution in [3.05, 3.63) is 82.9 Å². The molecule has 3 aromatic rings. The smallest absolute Gasteiger partial charge is 0.226 e. The predicted molar refractivity (Wildman–Crippen MR) is 127 cm³/mol. The Morgan fingerprint density at radius 1 is 1.03 bits per heavy atom. The molecular weight excluding hydrogens is 427 g/mol. The van der Waals surface area contributed by atoms with Gasteiger partial charge in [-0.05, 0) is 47.7 Å². The predicted octanol–water partition coefficient (Wildman–Crippen LogP) is 6.51. The van der Waals surface area contributed by atoms with Crippen molar-refractivity contribution in [3.63, 3.8) is 0 Å². The Morgan fingerprint density at radius 2 is 1.75 bits per heavy atom. The van der Waals surface area contributed by atoms with E-state index >= 15 is 0 Å². The minimum absolute atomic E-state index is 0.00582. The van der Waals surface area contributed by atoms with Gasteiger partial charge in [-0.25, -0.2) is 9.37 Å². The number of carbonyl (C=O) groups is 2. The SMILES string of the molecule is CCCN(C(=O)CC)c1ccc(-c2ccc(C(=O)CCc3cccnc3Cl)cc2)cc1F. The standard InChI is InChI=1S/C26H26ClFN2O2/c1-3-16-30(25(32)4-2)23-13-11-21(17-22(23)28)18-7-9-19(10-8-18)24(31)14-12-20-6-5-15-29-26(20)27/h5-11,13,15,17H,3-4,12,14,16H2,1-2H3. The Hall–Kier alpha value is -3.05. The molecule has 32 heavy (non-hydrogen) atoms. The molecule has 1 amide bonds. The van der Waals surface area contributed by atoms with Crippen molar-refractivity contribution in [3.8, 4) is 11.1 Å². The first-order valence-corrected chi connectivity index (χ1v) is 11.1. The van der Waals surface area contributed by atoms with Crippen molar-refractivity contribution in [1.29, 1.82) is 0 Å². The van der Waals surface area contributed by atoms with Crippen LogP contribution in [0, 0.1) is 5.82 Å². The lowest BCUT2D eigenvalue weighted by atomic mass is 9.99. The molecule has 0 unspecified atom stereocenters. The van der Waals surface area contributed by atoms with Crippen LogP contribution >= 0.6 is 11.6 Å². The van der Waals surface area contributed by atoms with Gasteiger partial charge in [0, 0.05) is 31.1 Å². The quantitative estimate of drug-likeness (QED) is 0.274. The molecule has 0 atom stereocenters. The maximum atomic E-state index is 14.8. The molecule has 3 rings (SSSR count). The molecule has 1 aromatic heterocycles. The van der Waals surface area contributed by atoms with E-state index < -0.39 is 5.82 Å². The van der Waals surface area contributed by atoms with Gasteiger partial charge >= 0.3 is 0 Å². The maximum absolute atomic E-state index is 14.8. The van der Waals surface area contributed by atoms with Gasteiger partial charge in [-0.15, -0.1) is 0 Å². The molecule has 0 aliphatic heterocycles. The normalized spacial score (nSPS) is 10.8. The highest BCUT2D eigenvalue weighted by molar-refractivity contribution is 6.30. The van der Waals surface area contributed by atoms with E-state index in [1.54, 1.807) is 55.6 Å². The number of pyridine rings is 1. The molecule has 2 aromatic carbocycles. The van der Waals surface area contributed by atoms with Gasteiger partial charge in [-0.1, -0.05) is 61.8 Å². The van der Waals surface area contributed by atoms with Gasteiger partial charge in [0.15, 0.2) is 5.78 Å². The minimum atomic E-state index is -0.439. The molecule has 0 aliphatic carbocycles. The van der Waals surface area contributed by atoms with E-state index in [-0.39, 0.29) is 11.7 Å². The zero-order valence-electron chi connectivity index (χ0n) is 18.3. The van der Waals surface area contributed by atoms with Crippen molar-refractivity contribution < 1.29 is 14.0 Å². The van der Waals surface area contributed by atoms with Crippen LogP contribution in [0.15, 0.2) is 60.8 Å². The summed E-state index contributed by atoms with van der Waals surface area (Å²) in [5, 5.41) is 0.416. The van der Waals surface area contributed by atoms with E-state index in [0.717, 1.165) is 17.5 Å². The van der Waals surface area contributed by atoms with Crippen LogP contribution in [-0.4, -0.2) is 23.2 Å². The summed E-state index contributed by atoms with van der Waals surface area (Å²) in [5.41, 5.74) is 3.21. The van der Waals surface area contributed by atoms with Gasteiger partial charge in [0.25, 0.3) is 0 Å². The van der Waals surface area contributed by atoms with E-state index in [1.807, 2.05) is 13.0 Å². The van der Waals surface area contributed by atoms with Crippen molar-refractivity contribution in [2.24, 2.45) is 0 Å². The number of hydrogen-bond donors (Lipinski definition) is 0. The van der Waals surface area contributed by atoms with Crippen molar-refractivity contribution in [1.82, 2.24) is 4.98 Å². The van der Waals surface area contributed by atoms with E-state index in [9.17, 15) is 14.0 Å².